The summed E-state index contributed by atoms with van der Waals surface area (Å²) in [6.45, 7) is 1.11. The van der Waals surface area contributed by atoms with Crippen LogP contribution in [0.4, 0.5) is 0 Å². The summed E-state index contributed by atoms with van der Waals surface area (Å²) in [6.07, 6.45) is 1.71. The molecule has 0 bridgehead atoms. The molecule has 2 aromatic rings. The van der Waals surface area contributed by atoms with E-state index in [1.807, 2.05) is 18.2 Å². The molecule has 0 heterocycles. The number of benzene rings is 2. The van der Waals surface area contributed by atoms with Crippen LogP contribution in [0.15, 0.2) is 48.5 Å². The van der Waals surface area contributed by atoms with E-state index in [4.69, 9.17) is 15.2 Å². The first-order valence-electron chi connectivity index (χ1n) is 7.30. The van der Waals surface area contributed by atoms with Crippen molar-refractivity contribution in [3.8, 4) is 5.75 Å². The standard InChI is InChI=1S/C18H21NO2/c1-20-10-11-21-17-9-5-4-8-16(17)18(19)12-14-6-2-3-7-15(14)13-18/h2-9H,10-13,19H2,1H3. The lowest BCUT2D eigenvalue weighted by molar-refractivity contribution is 0.145. The molecule has 0 fully saturated rings. The van der Waals surface area contributed by atoms with Crippen molar-refractivity contribution < 1.29 is 9.47 Å². The molecule has 3 rings (SSSR count). The lowest BCUT2D eigenvalue weighted by Crippen LogP contribution is -2.38. The van der Waals surface area contributed by atoms with Crippen molar-refractivity contribution in [1.82, 2.24) is 0 Å². The van der Waals surface area contributed by atoms with Crippen LogP contribution in [-0.2, 0) is 23.1 Å². The average Bonchev–Trinajstić information content (AvgIpc) is 2.85. The Bertz CT molecular complexity index is 599. The topological polar surface area (TPSA) is 44.5 Å². The summed E-state index contributed by atoms with van der Waals surface area (Å²) >= 11 is 0. The summed E-state index contributed by atoms with van der Waals surface area (Å²) in [5.74, 6) is 0.866. The van der Waals surface area contributed by atoms with Crippen molar-refractivity contribution in [2.45, 2.75) is 18.4 Å². The van der Waals surface area contributed by atoms with Crippen molar-refractivity contribution in [1.29, 1.82) is 0 Å². The largest absolute Gasteiger partial charge is 0.491 e. The monoisotopic (exact) mass is 283 g/mol. The minimum absolute atomic E-state index is 0.382. The third-order valence-electron chi connectivity index (χ3n) is 4.10. The summed E-state index contributed by atoms with van der Waals surface area (Å²) in [5.41, 5.74) is 10.1. The summed E-state index contributed by atoms with van der Waals surface area (Å²) in [6, 6.07) is 16.6. The minimum atomic E-state index is -0.382. The lowest BCUT2D eigenvalue weighted by Gasteiger charge is -2.26. The van der Waals surface area contributed by atoms with Crippen LogP contribution in [0.5, 0.6) is 5.75 Å². The van der Waals surface area contributed by atoms with Gasteiger partial charge in [0.25, 0.3) is 0 Å². The minimum Gasteiger partial charge on any atom is -0.491 e. The van der Waals surface area contributed by atoms with Crippen LogP contribution in [0.2, 0.25) is 0 Å². The maximum Gasteiger partial charge on any atom is 0.124 e. The van der Waals surface area contributed by atoms with Crippen LogP contribution in [0.25, 0.3) is 0 Å². The molecule has 2 N–H and O–H groups in total. The second kappa shape index (κ2) is 5.88. The molecular formula is C18H21NO2. The molecule has 3 nitrogen and oxygen atoms in total. The van der Waals surface area contributed by atoms with Crippen LogP contribution >= 0.6 is 0 Å². The first-order chi connectivity index (χ1) is 10.2. The van der Waals surface area contributed by atoms with Gasteiger partial charge in [0, 0.05) is 12.7 Å². The van der Waals surface area contributed by atoms with E-state index in [1.165, 1.54) is 11.1 Å². The van der Waals surface area contributed by atoms with Gasteiger partial charge in [0.15, 0.2) is 0 Å². The van der Waals surface area contributed by atoms with E-state index in [2.05, 4.69) is 30.3 Å². The van der Waals surface area contributed by atoms with Crippen molar-refractivity contribution >= 4 is 0 Å². The van der Waals surface area contributed by atoms with Crippen molar-refractivity contribution in [3.05, 3.63) is 65.2 Å². The maximum absolute atomic E-state index is 6.72. The Balaban J connectivity index is 1.87. The molecule has 0 amide bonds. The predicted octanol–water partition coefficient (Wildman–Crippen LogP) is 2.66. The van der Waals surface area contributed by atoms with Gasteiger partial charge in [0.2, 0.25) is 0 Å². The van der Waals surface area contributed by atoms with Crippen molar-refractivity contribution in [2.75, 3.05) is 20.3 Å². The molecule has 0 aliphatic heterocycles. The van der Waals surface area contributed by atoms with Gasteiger partial charge in [-0.15, -0.1) is 0 Å². The molecule has 0 unspecified atom stereocenters. The highest BCUT2D eigenvalue weighted by molar-refractivity contribution is 5.46. The molecule has 2 aromatic carbocycles. The molecular weight excluding hydrogens is 262 g/mol. The molecule has 0 radical (unpaired) electrons. The molecule has 21 heavy (non-hydrogen) atoms. The van der Waals surface area contributed by atoms with Gasteiger partial charge in [-0.2, -0.15) is 0 Å². The number of nitrogens with two attached hydrogens (primary N) is 1. The summed E-state index contributed by atoms with van der Waals surface area (Å²) in [5, 5.41) is 0. The molecule has 0 saturated carbocycles. The predicted molar refractivity (Wildman–Crippen MR) is 83.5 cm³/mol. The Morgan fingerprint density at radius 3 is 2.24 bits per heavy atom. The fourth-order valence-electron chi connectivity index (χ4n) is 3.07. The zero-order valence-electron chi connectivity index (χ0n) is 12.3. The summed E-state index contributed by atoms with van der Waals surface area (Å²) in [7, 11) is 1.67. The summed E-state index contributed by atoms with van der Waals surface area (Å²) < 4.78 is 10.9. The number of rotatable bonds is 5. The number of hydrogen-bond donors (Lipinski definition) is 1. The number of ether oxygens (including phenoxy) is 2. The van der Waals surface area contributed by atoms with Crippen LogP contribution in [0.3, 0.4) is 0 Å². The quantitative estimate of drug-likeness (QED) is 0.858. The fourth-order valence-corrected chi connectivity index (χ4v) is 3.07. The van der Waals surface area contributed by atoms with Crippen molar-refractivity contribution in [3.63, 3.8) is 0 Å². The van der Waals surface area contributed by atoms with Gasteiger partial charge < -0.3 is 15.2 Å². The third-order valence-corrected chi connectivity index (χ3v) is 4.10. The van der Waals surface area contributed by atoms with Gasteiger partial charge in [-0.25, -0.2) is 0 Å². The fraction of sp³-hybridized carbons (Fsp3) is 0.333. The normalized spacial score (nSPS) is 15.7. The Kier molecular flexibility index (Phi) is 3.95. The van der Waals surface area contributed by atoms with Crippen LogP contribution in [-0.4, -0.2) is 20.3 Å². The second-order valence-electron chi connectivity index (χ2n) is 5.62. The SMILES string of the molecule is COCCOc1ccccc1C1(N)Cc2ccccc2C1. The smallest absolute Gasteiger partial charge is 0.124 e. The zero-order valence-corrected chi connectivity index (χ0v) is 12.3. The zero-order chi connectivity index (χ0) is 14.7. The molecule has 0 spiro atoms. The highest BCUT2D eigenvalue weighted by atomic mass is 16.5. The number of fused-ring (bicyclic) bond motifs is 1. The Morgan fingerprint density at radius 1 is 0.952 bits per heavy atom. The van der Waals surface area contributed by atoms with Gasteiger partial charge in [-0.1, -0.05) is 42.5 Å². The van der Waals surface area contributed by atoms with Crippen LogP contribution in [0, 0.1) is 0 Å². The number of methoxy groups -OCH3 is 1. The van der Waals surface area contributed by atoms with Gasteiger partial charge in [0.05, 0.1) is 12.1 Å². The van der Waals surface area contributed by atoms with E-state index in [0.717, 1.165) is 24.2 Å². The van der Waals surface area contributed by atoms with E-state index in [1.54, 1.807) is 7.11 Å². The Morgan fingerprint density at radius 2 is 1.57 bits per heavy atom. The van der Waals surface area contributed by atoms with E-state index < -0.39 is 0 Å². The maximum atomic E-state index is 6.72. The van der Waals surface area contributed by atoms with Gasteiger partial charge in [-0.05, 0) is 30.0 Å². The Hall–Kier alpha value is -1.84. The van der Waals surface area contributed by atoms with Gasteiger partial charge in [0.1, 0.15) is 12.4 Å². The van der Waals surface area contributed by atoms with Gasteiger partial charge in [-0.3, -0.25) is 0 Å². The number of para-hydroxylation sites is 1. The van der Waals surface area contributed by atoms with E-state index in [-0.39, 0.29) is 5.54 Å². The first-order valence-corrected chi connectivity index (χ1v) is 7.30. The number of hydrogen-bond acceptors (Lipinski definition) is 3. The lowest BCUT2D eigenvalue weighted by atomic mass is 9.87. The molecule has 0 atom stereocenters. The van der Waals surface area contributed by atoms with Gasteiger partial charge >= 0.3 is 0 Å². The van der Waals surface area contributed by atoms with Crippen molar-refractivity contribution in [2.24, 2.45) is 5.73 Å². The molecule has 3 heteroatoms. The van der Waals surface area contributed by atoms with E-state index >= 15 is 0 Å². The highest BCUT2D eigenvalue weighted by Gasteiger charge is 2.36. The summed E-state index contributed by atoms with van der Waals surface area (Å²) in [4.78, 5) is 0. The molecule has 0 aromatic heterocycles. The first kappa shape index (κ1) is 14.1. The highest BCUT2D eigenvalue weighted by Crippen LogP contribution is 2.39. The molecule has 0 saturated heterocycles. The Labute approximate surface area is 125 Å². The van der Waals surface area contributed by atoms with E-state index in [9.17, 15) is 0 Å². The molecule has 1 aliphatic rings. The third kappa shape index (κ3) is 2.80. The molecule has 1 aliphatic carbocycles. The van der Waals surface area contributed by atoms with Crippen LogP contribution in [0.1, 0.15) is 16.7 Å². The average molecular weight is 283 g/mol. The molecule has 110 valence electrons. The van der Waals surface area contributed by atoms with E-state index in [0.29, 0.717) is 13.2 Å². The second-order valence-corrected chi connectivity index (χ2v) is 5.62. The van der Waals surface area contributed by atoms with Crippen LogP contribution < -0.4 is 10.5 Å².